The fourth-order valence-corrected chi connectivity index (χ4v) is 4.12. The Labute approximate surface area is 123 Å². The molecule has 2 aromatic heterocycles. The number of rotatable bonds is 4. The van der Waals surface area contributed by atoms with Gasteiger partial charge in [0.15, 0.2) is 5.82 Å². The van der Waals surface area contributed by atoms with Gasteiger partial charge in [0.1, 0.15) is 5.01 Å². The molecule has 2 heterocycles. The standard InChI is InChI=1S/C14H23N5S/c1-10(2)12-16-17-13-19(12)18-11(20-13)9-14(15-3)7-5-4-6-8-14/h10,15H,4-9H2,1-3H3. The summed E-state index contributed by atoms with van der Waals surface area (Å²) in [6.45, 7) is 4.26. The number of likely N-dealkylation sites (N-methyl/N-ethyl adjacent to an activating group) is 1. The van der Waals surface area contributed by atoms with Gasteiger partial charge in [-0.3, -0.25) is 0 Å². The number of hydrogen-bond donors (Lipinski definition) is 1. The average Bonchev–Trinajstić information content (AvgIpc) is 2.99. The molecule has 0 unspecified atom stereocenters. The maximum Gasteiger partial charge on any atom is 0.234 e. The van der Waals surface area contributed by atoms with Gasteiger partial charge in [-0.2, -0.15) is 9.61 Å². The van der Waals surface area contributed by atoms with Crippen molar-refractivity contribution in [2.75, 3.05) is 7.05 Å². The van der Waals surface area contributed by atoms with Gasteiger partial charge in [0.25, 0.3) is 0 Å². The van der Waals surface area contributed by atoms with Crippen LogP contribution in [0.25, 0.3) is 4.96 Å². The van der Waals surface area contributed by atoms with Gasteiger partial charge in [-0.25, -0.2) is 0 Å². The second kappa shape index (κ2) is 5.41. The van der Waals surface area contributed by atoms with E-state index in [1.54, 1.807) is 11.3 Å². The number of fused-ring (bicyclic) bond motifs is 1. The molecule has 0 atom stereocenters. The van der Waals surface area contributed by atoms with Crippen molar-refractivity contribution < 1.29 is 0 Å². The molecule has 3 rings (SSSR count). The zero-order valence-electron chi connectivity index (χ0n) is 12.5. The van der Waals surface area contributed by atoms with Crippen LogP contribution in [0.1, 0.15) is 62.7 Å². The molecule has 1 aliphatic rings. The molecular weight excluding hydrogens is 270 g/mol. The second-order valence-electron chi connectivity index (χ2n) is 6.17. The first-order valence-electron chi connectivity index (χ1n) is 7.53. The SMILES string of the molecule is CNC1(Cc2nn3c(C(C)C)nnc3s2)CCCCC1. The second-order valence-corrected chi connectivity index (χ2v) is 7.21. The fourth-order valence-electron chi connectivity index (χ4n) is 3.14. The Morgan fingerprint density at radius 2 is 2.00 bits per heavy atom. The zero-order valence-corrected chi connectivity index (χ0v) is 13.3. The van der Waals surface area contributed by atoms with Crippen LogP contribution in [0, 0.1) is 0 Å². The van der Waals surface area contributed by atoms with Crippen LogP contribution in [0.4, 0.5) is 0 Å². The molecule has 1 aliphatic carbocycles. The molecule has 0 radical (unpaired) electrons. The minimum Gasteiger partial charge on any atom is -0.314 e. The van der Waals surface area contributed by atoms with Crippen molar-refractivity contribution >= 4 is 16.3 Å². The summed E-state index contributed by atoms with van der Waals surface area (Å²) < 4.78 is 1.93. The summed E-state index contributed by atoms with van der Waals surface area (Å²) in [4.78, 5) is 0.922. The topological polar surface area (TPSA) is 55.1 Å². The third-order valence-electron chi connectivity index (χ3n) is 4.40. The summed E-state index contributed by atoms with van der Waals surface area (Å²) in [5, 5.41) is 18.0. The fraction of sp³-hybridized carbons (Fsp3) is 0.786. The smallest absolute Gasteiger partial charge is 0.234 e. The molecule has 0 bridgehead atoms. The highest BCUT2D eigenvalue weighted by atomic mass is 32.1. The Kier molecular flexibility index (Phi) is 3.77. The molecule has 1 saturated carbocycles. The van der Waals surface area contributed by atoms with Crippen LogP contribution in [0.3, 0.4) is 0 Å². The summed E-state index contributed by atoms with van der Waals surface area (Å²) in [6.07, 6.45) is 7.52. The monoisotopic (exact) mass is 293 g/mol. The molecule has 1 fully saturated rings. The maximum absolute atomic E-state index is 4.75. The number of aromatic nitrogens is 4. The van der Waals surface area contributed by atoms with E-state index in [2.05, 4.69) is 36.4 Å². The Morgan fingerprint density at radius 1 is 1.25 bits per heavy atom. The normalized spacial score (nSPS) is 19.0. The van der Waals surface area contributed by atoms with Gasteiger partial charge in [0.05, 0.1) is 0 Å². The Balaban J connectivity index is 1.86. The van der Waals surface area contributed by atoms with Crippen LogP contribution >= 0.6 is 11.3 Å². The Morgan fingerprint density at radius 3 is 2.65 bits per heavy atom. The summed E-state index contributed by atoms with van der Waals surface area (Å²) in [6, 6.07) is 0. The first-order valence-corrected chi connectivity index (χ1v) is 8.35. The van der Waals surface area contributed by atoms with Crippen LogP contribution in [0.2, 0.25) is 0 Å². The molecule has 0 aromatic carbocycles. The lowest BCUT2D eigenvalue weighted by Gasteiger charge is -2.36. The number of nitrogens with zero attached hydrogens (tertiary/aromatic N) is 4. The van der Waals surface area contributed by atoms with Crippen LogP contribution in [0.5, 0.6) is 0 Å². The van der Waals surface area contributed by atoms with Gasteiger partial charge in [-0.1, -0.05) is 44.4 Å². The van der Waals surface area contributed by atoms with Gasteiger partial charge in [0.2, 0.25) is 4.96 Å². The molecule has 5 nitrogen and oxygen atoms in total. The molecule has 0 aliphatic heterocycles. The van der Waals surface area contributed by atoms with E-state index in [0.29, 0.717) is 5.92 Å². The van der Waals surface area contributed by atoms with Crippen molar-refractivity contribution in [3.8, 4) is 0 Å². The molecule has 2 aromatic rings. The highest BCUT2D eigenvalue weighted by molar-refractivity contribution is 7.16. The lowest BCUT2D eigenvalue weighted by molar-refractivity contribution is 0.244. The van der Waals surface area contributed by atoms with E-state index >= 15 is 0 Å². The van der Waals surface area contributed by atoms with E-state index in [0.717, 1.165) is 17.2 Å². The van der Waals surface area contributed by atoms with Gasteiger partial charge < -0.3 is 5.32 Å². The van der Waals surface area contributed by atoms with Gasteiger partial charge in [0, 0.05) is 17.9 Å². The van der Waals surface area contributed by atoms with E-state index < -0.39 is 0 Å². The van der Waals surface area contributed by atoms with Crippen molar-refractivity contribution in [2.45, 2.75) is 63.8 Å². The highest BCUT2D eigenvalue weighted by Gasteiger charge is 2.32. The molecule has 1 N–H and O–H groups in total. The highest BCUT2D eigenvalue weighted by Crippen LogP contribution is 2.32. The first-order chi connectivity index (χ1) is 9.63. The van der Waals surface area contributed by atoms with Crippen LogP contribution in [-0.4, -0.2) is 32.4 Å². The van der Waals surface area contributed by atoms with Crippen molar-refractivity contribution in [3.63, 3.8) is 0 Å². The predicted molar refractivity (Wildman–Crippen MR) is 81.3 cm³/mol. The minimum absolute atomic E-state index is 0.236. The van der Waals surface area contributed by atoms with Crippen LogP contribution in [0.15, 0.2) is 0 Å². The van der Waals surface area contributed by atoms with Gasteiger partial charge in [-0.15, -0.1) is 10.2 Å². The van der Waals surface area contributed by atoms with Crippen molar-refractivity contribution in [2.24, 2.45) is 0 Å². The molecule has 20 heavy (non-hydrogen) atoms. The van der Waals surface area contributed by atoms with Crippen LogP contribution in [-0.2, 0) is 6.42 Å². The molecular formula is C14H23N5S. The number of hydrogen-bond acceptors (Lipinski definition) is 5. The molecule has 0 saturated heterocycles. The van der Waals surface area contributed by atoms with E-state index in [9.17, 15) is 0 Å². The van der Waals surface area contributed by atoms with Crippen molar-refractivity contribution in [3.05, 3.63) is 10.8 Å². The van der Waals surface area contributed by atoms with E-state index in [4.69, 9.17) is 5.10 Å². The number of nitrogens with one attached hydrogen (secondary N) is 1. The largest absolute Gasteiger partial charge is 0.314 e. The summed E-state index contributed by atoms with van der Waals surface area (Å²) in [5.74, 6) is 1.32. The van der Waals surface area contributed by atoms with E-state index in [1.807, 2.05) is 4.52 Å². The third-order valence-corrected chi connectivity index (χ3v) is 5.30. The van der Waals surface area contributed by atoms with E-state index in [-0.39, 0.29) is 5.54 Å². The van der Waals surface area contributed by atoms with Gasteiger partial charge in [-0.05, 0) is 19.9 Å². The van der Waals surface area contributed by atoms with E-state index in [1.165, 1.54) is 37.1 Å². The molecule has 0 spiro atoms. The van der Waals surface area contributed by atoms with Crippen molar-refractivity contribution in [1.82, 2.24) is 25.1 Å². The van der Waals surface area contributed by atoms with Gasteiger partial charge >= 0.3 is 0 Å². The predicted octanol–water partition coefficient (Wildman–Crippen LogP) is 2.77. The maximum atomic E-state index is 4.75. The zero-order chi connectivity index (χ0) is 14.2. The summed E-state index contributed by atoms with van der Waals surface area (Å²) >= 11 is 1.68. The first kappa shape index (κ1) is 13.9. The van der Waals surface area contributed by atoms with Crippen molar-refractivity contribution in [1.29, 1.82) is 0 Å². The average molecular weight is 293 g/mol. The quantitative estimate of drug-likeness (QED) is 0.942. The molecule has 6 heteroatoms. The molecule has 0 amide bonds. The lowest BCUT2D eigenvalue weighted by atomic mass is 9.79. The Hall–Kier alpha value is -1.01. The summed E-state index contributed by atoms with van der Waals surface area (Å²) in [5.41, 5.74) is 0.236. The Bertz CT molecular complexity index is 579. The van der Waals surface area contributed by atoms with Crippen LogP contribution < -0.4 is 5.32 Å². The summed E-state index contributed by atoms with van der Waals surface area (Å²) in [7, 11) is 2.09. The lowest BCUT2D eigenvalue weighted by Crippen LogP contribution is -2.46. The molecule has 110 valence electrons. The third kappa shape index (κ3) is 2.46. The minimum atomic E-state index is 0.236.